The molecule has 3 N–H and O–H groups in total. The molecule has 0 heterocycles. The van der Waals surface area contributed by atoms with Crippen molar-refractivity contribution in [1.29, 1.82) is 0 Å². The number of amides is 1. The second-order valence-electron chi connectivity index (χ2n) is 2.91. The maximum absolute atomic E-state index is 11.3. The summed E-state index contributed by atoms with van der Waals surface area (Å²) < 4.78 is -0.879. The summed E-state index contributed by atoms with van der Waals surface area (Å²) in [5.41, 5.74) is 2.91. The van der Waals surface area contributed by atoms with E-state index in [4.69, 9.17) is 5.84 Å². The van der Waals surface area contributed by atoms with Gasteiger partial charge in [-0.3, -0.25) is 10.2 Å². The molecule has 0 fully saturated rings. The van der Waals surface area contributed by atoms with Gasteiger partial charge in [0.15, 0.2) is 0 Å². The van der Waals surface area contributed by atoms with Crippen LogP contribution in [0.5, 0.6) is 0 Å². The van der Waals surface area contributed by atoms with Gasteiger partial charge in [-0.15, -0.1) is 0 Å². The Balaban J connectivity index is 3.00. The van der Waals surface area contributed by atoms with Gasteiger partial charge in [-0.2, -0.15) is 12.6 Å². The number of carbonyl (C=O) groups is 1. The third kappa shape index (κ3) is 2.02. The molecule has 0 aliphatic carbocycles. The first-order valence-electron chi connectivity index (χ1n) is 3.88. The maximum Gasteiger partial charge on any atom is 0.254 e. The molecule has 4 heteroatoms. The van der Waals surface area contributed by atoms with Gasteiger partial charge in [0.05, 0.1) is 0 Å². The van der Waals surface area contributed by atoms with Gasteiger partial charge in [-0.1, -0.05) is 30.3 Å². The van der Waals surface area contributed by atoms with Gasteiger partial charge < -0.3 is 0 Å². The summed E-state index contributed by atoms with van der Waals surface area (Å²) in [5.74, 6) is 4.73. The van der Waals surface area contributed by atoms with Gasteiger partial charge in [0.1, 0.15) is 4.75 Å². The van der Waals surface area contributed by atoms with Crippen LogP contribution in [0.25, 0.3) is 0 Å². The third-order valence-electron chi connectivity index (χ3n) is 1.91. The summed E-state index contributed by atoms with van der Waals surface area (Å²) >= 11 is 4.26. The minimum Gasteiger partial charge on any atom is -0.293 e. The molecule has 0 aliphatic rings. The van der Waals surface area contributed by atoms with Crippen LogP contribution >= 0.6 is 12.6 Å². The maximum atomic E-state index is 11.3. The first-order valence-corrected chi connectivity index (χ1v) is 4.32. The molecule has 1 atom stereocenters. The predicted octanol–water partition coefficient (Wildman–Crippen LogP) is 0.821. The average Bonchev–Trinajstić information content (AvgIpc) is 2.18. The van der Waals surface area contributed by atoms with Crippen molar-refractivity contribution in [2.24, 2.45) is 5.84 Å². The van der Waals surface area contributed by atoms with Crippen LogP contribution in [0.3, 0.4) is 0 Å². The van der Waals surface area contributed by atoms with E-state index in [0.29, 0.717) is 0 Å². The Labute approximate surface area is 82.7 Å². The van der Waals surface area contributed by atoms with Crippen molar-refractivity contribution in [2.75, 3.05) is 0 Å². The first kappa shape index (κ1) is 10.1. The van der Waals surface area contributed by atoms with E-state index in [9.17, 15) is 4.79 Å². The van der Waals surface area contributed by atoms with Crippen molar-refractivity contribution in [3.8, 4) is 0 Å². The number of benzene rings is 1. The van der Waals surface area contributed by atoms with Crippen LogP contribution < -0.4 is 11.3 Å². The molecule has 1 aromatic rings. The molecule has 0 saturated carbocycles. The molecular weight excluding hydrogens is 184 g/mol. The fourth-order valence-corrected chi connectivity index (χ4v) is 1.25. The zero-order valence-electron chi connectivity index (χ0n) is 7.32. The SMILES string of the molecule is CC(S)(C(=O)NN)c1ccccc1. The Morgan fingerprint density at radius 2 is 2.00 bits per heavy atom. The van der Waals surface area contributed by atoms with Gasteiger partial charge in [0, 0.05) is 0 Å². The molecule has 0 radical (unpaired) electrons. The predicted molar refractivity (Wildman–Crippen MR) is 55.1 cm³/mol. The second kappa shape index (κ2) is 3.81. The normalized spacial score (nSPS) is 14.7. The standard InChI is InChI=1S/C9H12N2OS/c1-9(13,8(12)11-10)7-5-3-2-4-6-7/h2-6,13H,10H2,1H3,(H,11,12). The number of nitrogens with one attached hydrogen (secondary N) is 1. The van der Waals surface area contributed by atoms with Crippen molar-refractivity contribution in [3.63, 3.8) is 0 Å². The summed E-state index contributed by atoms with van der Waals surface area (Å²) in [4.78, 5) is 11.3. The highest BCUT2D eigenvalue weighted by atomic mass is 32.1. The van der Waals surface area contributed by atoms with E-state index in [1.54, 1.807) is 6.92 Å². The highest BCUT2D eigenvalue weighted by molar-refractivity contribution is 7.82. The first-order chi connectivity index (χ1) is 6.09. The molecule has 0 bridgehead atoms. The second-order valence-corrected chi connectivity index (χ2v) is 3.81. The molecule has 3 nitrogen and oxygen atoms in total. The zero-order chi connectivity index (χ0) is 9.90. The van der Waals surface area contributed by atoms with Crippen LogP contribution in [0.15, 0.2) is 30.3 Å². The van der Waals surface area contributed by atoms with E-state index in [-0.39, 0.29) is 5.91 Å². The monoisotopic (exact) mass is 196 g/mol. The number of rotatable bonds is 2. The van der Waals surface area contributed by atoms with Crippen LogP contribution in [-0.4, -0.2) is 5.91 Å². The quantitative estimate of drug-likeness (QED) is 0.284. The Kier molecular flexibility index (Phi) is 2.95. The number of thiol groups is 1. The summed E-state index contributed by atoms with van der Waals surface area (Å²) in [7, 11) is 0. The molecule has 0 aromatic heterocycles. The lowest BCUT2D eigenvalue weighted by atomic mass is 10.00. The van der Waals surface area contributed by atoms with Crippen molar-refractivity contribution in [2.45, 2.75) is 11.7 Å². The lowest BCUT2D eigenvalue weighted by molar-refractivity contribution is -0.123. The molecule has 70 valence electrons. The van der Waals surface area contributed by atoms with Gasteiger partial charge in [-0.25, -0.2) is 5.84 Å². The molecule has 1 aromatic carbocycles. The van der Waals surface area contributed by atoms with Gasteiger partial charge in [0.2, 0.25) is 0 Å². The third-order valence-corrected chi connectivity index (χ3v) is 2.37. The molecular formula is C9H12N2OS. The summed E-state index contributed by atoms with van der Waals surface area (Å²) in [6, 6.07) is 9.26. The number of carbonyl (C=O) groups excluding carboxylic acids is 1. The summed E-state index contributed by atoms with van der Waals surface area (Å²) in [6.07, 6.45) is 0. The molecule has 1 rings (SSSR count). The Morgan fingerprint density at radius 1 is 1.46 bits per heavy atom. The fourth-order valence-electron chi connectivity index (χ4n) is 1.03. The van der Waals surface area contributed by atoms with Crippen LogP contribution in [0.4, 0.5) is 0 Å². The van der Waals surface area contributed by atoms with Gasteiger partial charge in [0.25, 0.3) is 5.91 Å². The van der Waals surface area contributed by atoms with Crippen molar-refractivity contribution < 1.29 is 4.79 Å². The van der Waals surface area contributed by atoms with Crippen molar-refractivity contribution in [3.05, 3.63) is 35.9 Å². The Bertz CT molecular complexity index is 298. The minimum atomic E-state index is -0.879. The average molecular weight is 196 g/mol. The smallest absolute Gasteiger partial charge is 0.254 e. The van der Waals surface area contributed by atoms with Gasteiger partial charge in [-0.05, 0) is 12.5 Å². The van der Waals surface area contributed by atoms with Gasteiger partial charge >= 0.3 is 0 Å². The number of hydrazine groups is 1. The topological polar surface area (TPSA) is 55.1 Å². The molecule has 0 aliphatic heterocycles. The zero-order valence-corrected chi connectivity index (χ0v) is 8.21. The summed E-state index contributed by atoms with van der Waals surface area (Å²) in [6.45, 7) is 1.70. The van der Waals surface area contributed by atoms with E-state index in [0.717, 1.165) is 5.56 Å². The lowest BCUT2D eigenvalue weighted by Crippen LogP contribution is -2.42. The highest BCUT2D eigenvalue weighted by Gasteiger charge is 2.29. The number of nitrogens with two attached hydrogens (primary N) is 1. The lowest BCUT2D eigenvalue weighted by Gasteiger charge is -2.21. The fraction of sp³-hybridized carbons (Fsp3) is 0.222. The molecule has 1 amide bonds. The van der Waals surface area contributed by atoms with Crippen LogP contribution in [0, 0.1) is 0 Å². The van der Waals surface area contributed by atoms with Crippen molar-refractivity contribution >= 4 is 18.5 Å². The molecule has 1 unspecified atom stereocenters. The van der Waals surface area contributed by atoms with Crippen LogP contribution in [-0.2, 0) is 9.54 Å². The number of hydrogen-bond acceptors (Lipinski definition) is 3. The Hall–Kier alpha value is -1.00. The minimum absolute atomic E-state index is 0.318. The molecule has 13 heavy (non-hydrogen) atoms. The molecule has 0 saturated heterocycles. The van der Waals surface area contributed by atoms with Crippen LogP contribution in [0.2, 0.25) is 0 Å². The summed E-state index contributed by atoms with van der Waals surface area (Å²) in [5, 5.41) is 0. The van der Waals surface area contributed by atoms with Crippen LogP contribution in [0.1, 0.15) is 12.5 Å². The van der Waals surface area contributed by atoms with E-state index in [2.05, 4.69) is 18.1 Å². The largest absolute Gasteiger partial charge is 0.293 e. The molecule has 0 spiro atoms. The Morgan fingerprint density at radius 3 is 2.46 bits per heavy atom. The number of hydrogen-bond donors (Lipinski definition) is 3. The van der Waals surface area contributed by atoms with E-state index in [1.165, 1.54) is 0 Å². The van der Waals surface area contributed by atoms with E-state index >= 15 is 0 Å². The van der Waals surface area contributed by atoms with Crippen molar-refractivity contribution in [1.82, 2.24) is 5.43 Å². The van der Waals surface area contributed by atoms with E-state index < -0.39 is 4.75 Å². The van der Waals surface area contributed by atoms with E-state index in [1.807, 2.05) is 30.3 Å². The highest BCUT2D eigenvalue weighted by Crippen LogP contribution is 2.27.